The monoisotopic (exact) mass is 319 g/mol. The van der Waals surface area contributed by atoms with Gasteiger partial charge in [-0.3, -0.25) is 9.69 Å². The van der Waals surface area contributed by atoms with E-state index in [1.807, 2.05) is 0 Å². The van der Waals surface area contributed by atoms with Gasteiger partial charge in [0.15, 0.2) is 11.5 Å². The maximum absolute atomic E-state index is 12.9. The Bertz CT molecular complexity index is 663. The number of amides is 1. The lowest BCUT2D eigenvalue weighted by Crippen LogP contribution is -2.49. The quantitative estimate of drug-likeness (QED) is 0.918. The fourth-order valence-corrected chi connectivity index (χ4v) is 2.60. The molecule has 1 saturated heterocycles. The fourth-order valence-electron chi connectivity index (χ4n) is 2.60. The zero-order valence-corrected chi connectivity index (χ0v) is 12.6. The Hall–Kier alpha value is -2.25. The van der Waals surface area contributed by atoms with Crippen LogP contribution in [0.2, 0.25) is 0 Å². The topological polar surface area (TPSA) is 69.8 Å². The summed E-state index contributed by atoms with van der Waals surface area (Å²) >= 11 is 0. The molecule has 1 aliphatic heterocycles. The molecule has 1 aromatic heterocycles. The number of β-amino-alcohol motifs (C(OH)–C–C–N with tert-alkyl or cyclic N) is 1. The van der Waals surface area contributed by atoms with E-state index in [-0.39, 0.29) is 24.0 Å². The Labute approximate surface area is 133 Å². The van der Waals surface area contributed by atoms with Gasteiger partial charge in [-0.05, 0) is 24.3 Å². The lowest BCUT2D eigenvalue weighted by Gasteiger charge is -2.33. The van der Waals surface area contributed by atoms with Gasteiger partial charge in [0, 0.05) is 44.4 Å². The lowest BCUT2D eigenvalue weighted by atomic mass is 10.1. The van der Waals surface area contributed by atoms with Gasteiger partial charge >= 0.3 is 0 Å². The average molecular weight is 319 g/mol. The molecule has 0 unspecified atom stereocenters. The van der Waals surface area contributed by atoms with Crippen LogP contribution >= 0.6 is 0 Å². The van der Waals surface area contributed by atoms with Gasteiger partial charge in [0.05, 0.1) is 6.61 Å². The van der Waals surface area contributed by atoms with E-state index in [4.69, 9.17) is 9.63 Å². The van der Waals surface area contributed by atoms with Gasteiger partial charge in [-0.15, -0.1) is 0 Å². The first-order chi connectivity index (χ1) is 11.2. The second-order valence-electron chi connectivity index (χ2n) is 5.44. The molecule has 122 valence electrons. The van der Waals surface area contributed by atoms with Crippen molar-refractivity contribution in [2.45, 2.75) is 0 Å². The minimum absolute atomic E-state index is 0.123. The van der Waals surface area contributed by atoms with E-state index in [1.165, 1.54) is 12.1 Å². The molecule has 1 aromatic carbocycles. The molecule has 7 heteroatoms. The van der Waals surface area contributed by atoms with Crippen LogP contribution in [-0.4, -0.2) is 65.3 Å². The summed E-state index contributed by atoms with van der Waals surface area (Å²) in [6.45, 7) is 3.40. The predicted octanol–water partition coefficient (Wildman–Crippen LogP) is 1.23. The van der Waals surface area contributed by atoms with Crippen LogP contribution < -0.4 is 0 Å². The van der Waals surface area contributed by atoms with Crippen LogP contribution in [0.15, 0.2) is 34.9 Å². The smallest absolute Gasteiger partial charge is 0.276 e. The minimum Gasteiger partial charge on any atom is -0.395 e. The van der Waals surface area contributed by atoms with E-state index in [1.54, 1.807) is 23.1 Å². The van der Waals surface area contributed by atoms with Gasteiger partial charge in [-0.25, -0.2) is 4.39 Å². The number of rotatable bonds is 4. The zero-order chi connectivity index (χ0) is 16.2. The number of halogens is 1. The normalized spacial score (nSPS) is 15.8. The van der Waals surface area contributed by atoms with Crippen LogP contribution in [0.1, 0.15) is 10.5 Å². The van der Waals surface area contributed by atoms with Gasteiger partial charge in [-0.2, -0.15) is 0 Å². The van der Waals surface area contributed by atoms with E-state index in [0.717, 1.165) is 13.1 Å². The number of carbonyl (C=O) groups is 1. The molecule has 1 aliphatic rings. The highest BCUT2D eigenvalue weighted by Crippen LogP contribution is 2.21. The molecule has 1 amide bonds. The van der Waals surface area contributed by atoms with Crippen molar-refractivity contribution in [2.24, 2.45) is 0 Å². The van der Waals surface area contributed by atoms with Gasteiger partial charge in [0.2, 0.25) is 0 Å². The van der Waals surface area contributed by atoms with E-state index >= 15 is 0 Å². The molecule has 0 radical (unpaired) electrons. The van der Waals surface area contributed by atoms with E-state index in [9.17, 15) is 9.18 Å². The molecule has 0 atom stereocenters. The van der Waals surface area contributed by atoms with E-state index in [2.05, 4.69) is 10.1 Å². The number of aliphatic hydroxyl groups is 1. The summed E-state index contributed by atoms with van der Waals surface area (Å²) in [5.41, 5.74) is 0.922. The van der Waals surface area contributed by atoms with Crippen LogP contribution in [0.3, 0.4) is 0 Å². The first-order valence-corrected chi connectivity index (χ1v) is 7.52. The van der Waals surface area contributed by atoms with Crippen LogP contribution in [0.5, 0.6) is 0 Å². The van der Waals surface area contributed by atoms with Crippen molar-refractivity contribution in [2.75, 3.05) is 39.3 Å². The third kappa shape index (κ3) is 3.57. The standard InChI is InChI=1S/C16H18FN3O3/c17-13-3-1-12(2-4-13)15-11-14(18-23-15)16(22)20-7-5-19(6-8-20)9-10-21/h1-4,11,21H,5-10H2. The van der Waals surface area contributed by atoms with Gasteiger partial charge < -0.3 is 14.5 Å². The molecule has 23 heavy (non-hydrogen) atoms. The van der Waals surface area contributed by atoms with Crippen molar-refractivity contribution < 1.29 is 18.8 Å². The van der Waals surface area contributed by atoms with Crippen molar-refractivity contribution in [3.63, 3.8) is 0 Å². The molecule has 0 saturated carbocycles. The Kier molecular flexibility index (Phi) is 4.68. The van der Waals surface area contributed by atoms with Crippen LogP contribution in [0.25, 0.3) is 11.3 Å². The molecule has 2 aromatic rings. The Morgan fingerprint density at radius 2 is 1.91 bits per heavy atom. The molecule has 1 fully saturated rings. The third-order valence-corrected chi connectivity index (χ3v) is 3.93. The zero-order valence-electron chi connectivity index (χ0n) is 12.6. The molecule has 0 aliphatic carbocycles. The number of aliphatic hydroxyl groups excluding tert-OH is 1. The summed E-state index contributed by atoms with van der Waals surface area (Å²) in [5.74, 6) is -0.0664. The second kappa shape index (κ2) is 6.89. The maximum atomic E-state index is 12.9. The van der Waals surface area contributed by atoms with Crippen LogP contribution in [-0.2, 0) is 0 Å². The second-order valence-corrected chi connectivity index (χ2v) is 5.44. The highest BCUT2D eigenvalue weighted by atomic mass is 19.1. The van der Waals surface area contributed by atoms with Crippen molar-refractivity contribution in [1.29, 1.82) is 0 Å². The molecule has 2 heterocycles. The number of piperazine rings is 1. The fraction of sp³-hybridized carbons (Fsp3) is 0.375. The summed E-state index contributed by atoms with van der Waals surface area (Å²) in [7, 11) is 0. The summed E-state index contributed by atoms with van der Waals surface area (Å²) in [5, 5.41) is 12.8. The molecule has 0 spiro atoms. The molecule has 0 bridgehead atoms. The van der Waals surface area contributed by atoms with E-state index in [0.29, 0.717) is 31.0 Å². The third-order valence-electron chi connectivity index (χ3n) is 3.93. The van der Waals surface area contributed by atoms with Crippen LogP contribution in [0.4, 0.5) is 4.39 Å². The maximum Gasteiger partial charge on any atom is 0.276 e. The van der Waals surface area contributed by atoms with Crippen LogP contribution in [0, 0.1) is 5.82 Å². The summed E-state index contributed by atoms with van der Waals surface area (Å²) in [6, 6.07) is 7.41. The SMILES string of the molecule is O=C(c1cc(-c2ccc(F)cc2)on1)N1CCN(CCO)CC1. The Morgan fingerprint density at radius 3 is 2.57 bits per heavy atom. The Balaban J connectivity index is 1.66. The Morgan fingerprint density at radius 1 is 1.22 bits per heavy atom. The minimum atomic E-state index is -0.328. The number of hydrogen-bond acceptors (Lipinski definition) is 5. The lowest BCUT2D eigenvalue weighted by molar-refractivity contribution is 0.0605. The molecule has 6 nitrogen and oxygen atoms in total. The van der Waals surface area contributed by atoms with E-state index < -0.39 is 0 Å². The van der Waals surface area contributed by atoms with Gasteiger partial charge in [0.25, 0.3) is 5.91 Å². The van der Waals surface area contributed by atoms with Crippen molar-refractivity contribution in [1.82, 2.24) is 15.0 Å². The average Bonchev–Trinajstić information content (AvgIpc) is 3.06. The number of hydrogen-bond donors (Lipinski definition) is 1. The first-order valence-electron chi connectivity index (χ1n) is 7.52. The summed E-state index contributed by atoms with van der Waals surface area (Å²) in [4.78, 5) is 16.3. The highest BCUT2D eigenvalue weighted by molar-refractivity contribution is 5.93. The van der Waals surface area contributed by atoms with Crippen molar-refractivity contribution >= 4 is 5.91 Å². The highest BCUT2D eigenvalue weighted by Gasteiger charge is 2.24. The number of nitrogens with zero attached hydrogens (tertiary/aromatic N) is 3. The number of benzene rings is 1. The van der Waals surface area contributed by atoms with Gasteiger partial charge in [-0.1, -0.05) is 5.16 Å². The molecule has 3 rings (SSSR count). The molecular weight excluding hydrogens is 301 g/mol. The number of carbonyl (C=O) groups excluding carboxylic acids is 1. The summed E-state index contributed by atoms with van der Waals surface area (Å²) in [6.07, 6.45) is 0. The van der Waals surface area contributed by atoms with Crippen molar-refractivity contribution in [3.8, 4) is 11.3 Å². The number of aromatic nitrogens is 1. The predicted molar refractivity (Wildman–Crippen MR) is 81.3 cm³/mol. The first kappa shape index (κ1) is 15.6. The van der Waals surface area contributed by atoms with Gasteiger partial charge in [0.1, 0.15) is 5.82 Å². The van der Waals surface area contributed by atoms with Crippen molar-refractivity contribution in [3.05, 3.63) is 41.8 Å². The molecule has 1 N–H and O–H groups in total. The largest absolute Gasteiger partial charge is 0.395 e. The molecular formula is C16H18FN3O3. The summed E-state index contributed by atoms with van der Waals surface area (Å²) < 4.78 is 18.1.